The quantitative estimate of drug-likeness (QED) is 0.793. The van der Waals surface area contributed by atoms with Crippen LogP contribution >= 0.6 is 11.6 Å². The highest BCUT2D eigenvalue weighted by Crippen LogP contribution is 2.23. The number of carbonyl (C=O) groups is 1. The largest absolute Gasteiger partial charge is 0.323 e. The summed E-state index contributed by atoms with van der Waals surface area (Å²) in [6.07, 6.45) is 0.920. The molecule has 0 fully saturated rings. The summed E-state index contributed by atoms with van der Waals surface area (Å²) in [5, 5.41) is 9.62. The van der Waals surface area contributed by atoms with E-state index in [9.17, 15) is 4.79 Å². The number of rotatable bonds is 2. The van der Waals surface area contributed by atoms with Crippen LogP contribution in [0.15, 0.2) is 42.5 Å². The first kappa shape index (κ1) is 13.9. The van der Waals surface area contributed by atoms with Crippen LogP contribution in [-0.4, -0.2) is 12.6 Å². The third-order valence-electron chi connectivity index (χ3n) is 3.47. The molecule has 0 bridgehead atoms. The minimum Gasteiger partial charge on any atom is -0.312 e. The van der Waals surface area contributed by atoms with E-state index < -0.39 is 0 Å². The van der Waals surface area contributed by atoms with Crippen LogP contribution in [0, 0.1) is 0 Å². The van der Waals surface area contributed by atoms with E-state index in [4.69, 9.17) is 11.6 Å². The van der Waals surface area contributed by atoms with Gasteiger partial charge in [0.1, 0.15) is 0 Å². The van der Waals surface area contributed by atoms with Crippen LogP contribution in [0.5, 0.6) is 0 Å². The number of fused-ring (bicyclic) bond motifs is 1. The Morgan fingerprint density at radius 2 is 2.00 bits per heavy atom. The van der Waals surface area contributed by atoms with Gasteiger partial charge in [0.05, 0.1) is 0 Å². The van der Waals surface area contributed by atoms with E-state index in [1.54, 1.807) is 24.3 Å². The van der Waals surface area contributed by atoms with Crippen molar-refractivity contribution < 1.29 is 4.79 Å². The molecule has 108 valence electrons. The van der Waals surface area contributed by atoms with E-state index in [0.717, 1.165) is 25.2 Å². The predicted molar refractivity (Wildman–Crippen MR) is 85.9 cm³/mol. The van der Waals surface area contributed by atoms with Crippen LogP contribution in [0.25, 0.3) is 0 Å². The van der Waals surface area contributed by atoms with Crippen LogP contribution in [0.4, 0.5) is 16.2 Å². The van der Waals surface area contributed by atoms with E-state index in [0.29, 0.717) is 10.7 Å². The number of nitrogens with one attached hydrogen (secondary N) is 3. The number of urea groups is 1. The van der Waals surface area contributed by atoms with Crippen molar-refractivity contribution in [2.45, 2.75) is 13.0 Å². The summed E-state index contributed by atoms with van der Waals surface area (Å²) in [5.74, 6) is 0. The Bertz CT molecular complexity index is 672. The monoisotopic (exact) mass is 301 g/mol. The van der Waals surface area contributed by atoms with Crippen LogP contribution in [0.2, 0.25) is 5.02 Å². The Kier molecular flexibility index (Phi) is 4.08. The van der Waals surface area contributed by atoms with Gasteiger partial charge in [0.15, 0.2) is 0 Å². The fourth-order valence-electron chi connectivity index (χ4n) is 2.50. The zero-order chi connectivity index (χ0) is 14.7. The highest BCUT2D eigenvalue weighted by molar-refractivity contribution is 6.30. The first-order chi connectivity index (χ1) is 10.2. The molecule has 2 aromatic rings. The van der Waals surface area contributed by atoms with Gasteiger partial charge >= 0.3 is 6.03 Å². The van der Waals surface area contributed by atoms with E-state index in [1.807, 2.05) is 12.1 Å². The van der Waals surface area contributed by atoms with E-state index in [1.165, 1.54) is 11.1 Å². The van der Waals surface area contributed by atoms with E-state index >= 15 is 0 Å². The molecule has 1 heterocycles. The first-order valence-corrected chi connectivity index (χ1v) is 7.25. The van der Waals surface area contributed by atoms with Gasteiger partial charge in [-0.2, -0.15) is 0 Å². The van der Waals surface area contributed by atoms with Crippen molar-refractivity contribution >= 4 is 29.0 Å². The van der Waals surface area contributed by atoms with Crippen molar-refractivity contribution in [2.75, 3.05) is 17.2 Å². The van der Waals surface area contributed by atoms with E-state index in [-0.39, 0.29) is 6.03 Å². The van der Waals surface area contributed by atoms with Gasteiger partial charge in [-0.15, -0.1) is 0 Å². The lowest BCUT2D eigenvalue weighted by Crippen LogP contribution is -2.26. The third-order valence-corrected chi connectivity index (χ3v) is 3.71. The molecule has 0 atom stereocenters. The molecule has 21 heavy (non-hydrogen) atoms. The Morgan fingerprint density at radius 3 is 2.86 bits per heavy atom. The smallest absolute Gasteiger partial charge is 0.312 e. The number of hydrogen-bond acceptors (Lipinski definition) is 2. The maximum atomic E-state index is 12.1. The Balaban J connectivity index is 1.73. The average molecular weight is 302 g/mol. The Hall–Kier alpha value is -2.04. The fourth-order valence-corrected chi connectivity index (χ4v) is 2.69. The number of halogens is 1. The van der Waals surface area contributed by atoms with Gasteiger partial charge in [-0.25, -0.2) is 4.79 Å². The molecular formula is C16H16ClN3O. The van der Waals surface area contributed by atoms with Gasteiger partial charge in [0.25, 0.3) is 0 Å². The zero-order valence-corrected chi connectivity index (χ0v) is 12.2. The second-order valence-corrected chi connectivity index (χ2v) is 5.40. The number of benzene rings is 2. The summed E-state index contributed by atoms with van der Waals surface area (Å²) in [5.41, 5.74) is 3.99. The molecule has 1 aliphatic heterocycles. The van der Waals surface area contributed by atoms with Crippen LogP contribution < -0.4 is 16.0 Å². The SMILES string of the molecule is O=C(Nc1cccc(Cl)c1)Nc1cccc2c1CCNC2. The van der Waals surface area contributed by atoms with Gasteiger partial charge < -0.3 is 16.0 Å². The van der Waals surface area contributed by atoms with Gasteiger partial charge in [-0.3, -0.25) is 0 Å². The minimum absolute atomic E-state index is 0.260. The summed E-state index contributed by atoms with van der Waals surface area (Å²) in [4.78, 5) is 12.1. The van der Waals surface area contributed by atoms with Crippen molar-refractivity contribution in [3.05, 3.63) is 58.6 Å². The maximum Gasteiger partial charge on any atom is 0.323 e. The van der Waals surface area contributed by atoms with Crippen LogP contribution in [0.3, 0.4) is 0 Å². The average Bonchev–Trinajstić information content (AvgIpc) is 2.47. The van der Waals surface area contributed by atoms with Gasteiger partial charge in [-0.05, 0) is 48.4 Å². The first-order valence-electron chi connectivity index (χ1n) is 6.87. The molecule has 0 spiro atoms. The van der Waals surface area contributed by atoms with Crippen LogP contribution in [0.1, 0.15) is 11.1 Å². The zero-order valence-electron chi connectivity index (χ0n) is 11.4. The second kappa shape index (κ2) is 6.16. The lowest BCUT2D eigenvalue weighted by atomic mass is 9.99. The van der Waals surface area contributed by atoms with Crippen molar-refractivity contribution in [2.24, 2.45) is 0 Å². The molecule has 0 aromatic heterocycles. The van der Waals surface area contributed by atoms with Crippen LogP contribution in [-0.2, 0) is 13.0 Å². The summed E-state index contributed by atoms with van der Waals surface area (Å²) >= 11 is 5.90. The molecule has 0 saturated heterocycles. The molecule has 2 amide bonds. The van der Waals surface area contributed by atoms with Gasteiger partial charge in [-0.1, -0.05) is 29.8 Å². The molecule has 5 heteroatoms. The summed E-state index contributed by atoms with van der Waals surface area (Å²) in [7, 11) is 0. The molecule has 3 N–H and O–H groups in total. The molecule has 2 aromatic carbocycles. The molecule has 0 aliphatic carbocycles. The molecule has 0 saturated carbocycles. The molecule has 1 aliphatic rings. The molecule has 0 unspecified atom stereocenters. The second-order valence-electron chi connectivity index (χ2n) is 4.96. The third kappa shape index (κ3) is 3.35. The maximum absolute atomic E-state index is 12.1. The normalized spacial score (nSPS) is 13.4. The molecular weight excluding hydrogens is 286 g/mol. The summed E-state index contributed by atoms with van der Waals surface area (Å²) in [6.45, 7) is 1.78. The van der Waals surface area contributed by atoms with Gasteiger partial charge in [0, 0.05) is 22.9 Å². The van der Waals surface area contributed by atoms with Crippen molar-refractivity contribution in [3.8, 4) is 0 Å². The Morgan fingerprint density at radius 1 is 1.14 bits per heavy atom. The Labute approximate surface area is 128 Å². The van der Waals surface area contributed by atoms with Crippen molar-refractivity contribution in [3.63, 3.8) is 0 Å². The molecule has 4 nitrogen and oxygen atoms in total. The lowest BCUT2D eigenvalue weighted by molar-refractivity contribution is 0.262. The highest BCUT2D eigenvalue weighted by Gasteiger charge is 2.14. The summed E-state index contributed by atoms with van der Waals surface area (Å²) in [6, 6.07) is 12.8. The topological polar surface area (TPSA) is 53.2 Å². The van der Waals surface area contributed by atoms with Crippen molar-refractivity contribution in [1.82, 2.24) is 5.32 Å². The standard InChI is InChI=1S/C16H16ClN3O/c17-12-4-2-5-13(9-12)19-16(21)20-15-6-1-3-11-10-18-8-7-14(11)15/h1-6,9,18H,7-8,10H2,(H2,19,20,21). The van der Waals surface area contributed by atoms with Crippen molar-refractivity contribution in [1.29, 1.82) is 0 Å². The molecule has 0 radical (unpaired) electrons. The predicted octanol–water partition coefficient (Wildman–Crippen LogP) is 3.63. The van der Waals surface area contributed by atoms with E-state index in [2.05, 4.69) is 22.0 Å². The highest BCUT2D eigenvalue weighted by atomic mass is 35.5. The number of carbonyl (C=O) groups excluding carboxylic acids is 1. The number of hydrogen-bond donors (Lipinski definition) is 3. The number of anilines is 2. The van der Waals surface area contributed by atoms with Gasteiger partial charge in [0.2, 0.25) is 0 Å². The lowest BCUT2D eigenvalue weighted by Gasteiger charge is -2.20. The minimum atomic E-state index is -0.260. The molecule has 3 rings (SSSR count). The fraction of sp³-hybridized carbons (Fsp3) is 0.188. The summed E-state index contributed by atoms with van der Waals surface area (Å²) < 4.78 is 0. The number of amides is 2.